The zero-order valence-corrected chi connectivity index (χ0v) is 11.5. The number of halogens is 1. The zero-order chi connectivity index (χ0) is 11.3. The van der Waals surface area contributed by atoms with Gasteiger partial charge in [0.1, 0.15) is 0 Å². The molecule has 1 atom stereocenters. The average Bonchev–Trinajstić information content (AvgIpc) is 2.26. The monoisotopic (exact) mass is 248 g/mol. The summed E-state index contributed by atoms with van der Waals surface area (Å²) in [6, 6.07) is -0.0154. The lowest BCUT2D eigenvalue weighted by atomic mass is 9.99. The predicted molar refractivity (Wildman–Crippen MR) is 70.0 cm³/mol. The number of piperidine rings is 1. The molecule has 4 heteroatoms. The van der Waals surface area contributed by atoms with Gasteiger partial charge in [0, 0.05) is 13.1 Å². The van der Waals surface area contributed by atoms with Gasteiger partial charge < -0.3 is 10.2 Å². The zero-order valence-electron chi connectivity index (χ0n) is 10.7. The number of amides is 1. The minimum absolute atomic E-state index is 0. The predicted octanol–water partition coefficient (Wildman–Crippen LogP) is 2.05. The Labute approximate surface area is 105 Å². The molecular formula is C12H25ClN2O. The van der Waals surface area contributed by atoms with Gasteiger partial charge in [0.2, 0.25) is 5.91 Å². The highest BCUT2D eigenvalue weighted by molar-refractivity contribution is 5.85. The largest absolute Gasteiger partial charge is 0.341 e. The third-order valence-corrected chi connectivity index (χ3v) is 3.17. The van der Waals surface area contributed by atoms with Gasteiger partial charge in [-0.15, -0.1) is 12.4 Å². The number of nitrogens with zero attached hydrogens (tertiary/aromatic N) is 1. The lowest BCUT2D eigenvalue weighted by Crippen LogP contribution is -2.47. The lowest BCUT2D eigenvalue weighted by molar-refractivity contribution is -0.134. The van der Waals surface area contributed by atoms with Crippen molar-refractivity contribution in [2.24, 2.45) is 5.92 Å². The average molecular weight is 249 g/mol. The Morgan fingerprint density at radius 2 is 2.00 bits per heavy atom. The summed E-state index contributed by atoms with van der Waals surface area (Å²) < 4.78 is 0. The highest BCUT2D eigenvalue weighted by Crippen LogP contribution is 2.16. The molecule has 1 saturated heterocycles. The Morgan fingerprint density at radius 1 is 1.44 bits per heavy atom. The molecule has 1 aliphatic heterocycles. The molecule has 3 nitrogen and oxygen atoms in total. The molecule has 96 valence electrons. The van der Waals surface area contributed by atoms with Crippen LogP contribution >= 0.6 is 12.4 Å². The molecule has 1 unspecified atom stereocenters. The van der Waals surface area contributed by atoms with Crippen LogP contribution in [0.25, 0.3) is 0 Å². The summed E-state index contributed by atoms with van der Waals surface area (Å²) >= 11 is 0. The van der Waals surface area contributed by atoms with Crippen molar-refractivity contribution in [1.29, 1.82) is 0 Å². The number of rotatable bonds is 4. The van der Waals surface area contributed by atoms with Gasteiger partial charge in [0.15, 0.2) is 0 Å². The SMILES string of the molecule is CCCNC(C)C(=O)N1CCC(C)CC1.Cl. The van der Waals surface area contributed by atoms with Crippen LogP contribution in [0.3, 0.4) is 0 Å². The van der Waals surface area contributed by atoms with Gasteiger partial charge in [-0.2, -0.15) is 0 Å². The van der Waals surface area contributed by atoms with E-state index in [9.17, 15) is 4.79 Å². The van der Waals surface area contributed by atoms with Gasteiger partial charge in [-0.3, -0.25) is 4.79 Å². The minimum Gasteiger partial charge on any atom is -0.341 e. The fraction of sp³-hybridized carbons (Fsp3) is 0.917. The topological polar surface area (TPSA) is 32.3 Å². The summed E-state index contributed by atoms with van der Waals surface area (Å²) in [7, 11) is 0. The Kier molecular flexibility index (Phi) is 7.77. The number of likely N-dealkylation sites (tertiary alicyclic amines) is 1. The second-order valence-electron chi connectivity index (χ2n) is 4.68. The summed E-state index contributed by atoms with van der Waals surface area (Å²) in [5.74, 6) is 1.06. The quantitative estimate of drug-likeness (QED) is 0.826. The lowest BCUT2D eigenvalue weighted by Gasteiger charge is -2.32. The van der Waals surface area contributed by atoms with E-state index in [0.717, 1.165) is 44.8 Å². The standard InChI is InChI=1S/C12H24N2O.ClH/c1-4-7-13-11(3)12(15)14-8-5-10(2)6-9-14;/h10-11,13H,4-9H2,1-3H3;1H. The van der Waals surface area contributed by atoms with E-state index in [2.05, 4.69) is 19.2 Å². The van der Waals surface area contributed by atoms with Gasteiger partial charge in [-0.05, 0) is 38.6 Å². The molecule has 0 aliphatic carbocycles. The molecule has 0 aromatic heterocycles. The van der Waals surface area contributed by atoms with Gasteiger partial charge in [0.25, 0.3) is 0 Å². The molecule has 1 N–H and O–H groups in total. The molecule has 0 aromatic rings. The van der Waals surface area contributed by atoms with Crippen LogP contribution in [0.4, 0.5) is 0 Å². The molecular weight excluding hydrogens is 224 g/mol. The molecule has 0 radical (unpaired) electrons. The third kappa shape index (κ3) is 4.71. The maximum atomic E-state index is 12.0. The fourth-order valence-corrected chi connectivity index (χ4v) is 1.95. The first-order valence-corrected chi connectivity index (χ1v) is 6.17. The molecule has 0 aromatic carbocycles. The second kappa shape index (κ2) is 7.91. The van der Waals surface area contributed by atoms with Gasteiger partial charge >= 0.3 is 0 Å². The van der Waals surface area contributed by atoms with Crippen molar-refractivity contribution in [1.82, 2.24) is 10.2 Å². The van der Waals surface area contributed by atoms with Crippen molar-refractivity contribution < 1.29 is 4.79 Å². The summed E-state index contributed by atoms with van der Waals surface area (Å²) in [5, 5.41) is 3.25. The van der Waals surface area contributed by atoms with E-state index < -0.39 is 0 Å². The number of hydrogen-bond acceptors (Lipinski definition) is 2. The third-order valence-electron chi connectivity index (χ3n) is 3.17. The Balaban J connectivity index is 0.00000225. The summed E-state index contributed by atoms with van der Waals surface area (Å²) in [6.07, 6.45) is 3.40. The van der Waals surface area contributed by atoms with Crippen LogP contribution in [0.2, 0.25) is 0 Å². The van der Waals surface area contributed by atoms with Crippen molar-refractivity contribution in [3.63, 3.8) is 0 Å². The van der Waals surface area contributed by atoms with E-state index in [1.807, 2.05) is 11.8 Å². The van der Waals surface area contributed by atoms with Crippen molar-refractivity contribution in [3.8, 4) is 0 Å². The molecule has 0 saturated carbocycles. The van der Waals surface area contributed by atoms with Crippen molar-refractivity contribution in [2.75, 3.05) is 19.6 Å². The first-order valence-electron chi connectivity index (χ1n) is 6.17. The molecule has 1 rings (SSSR count). The van der Waals surface area contributed by atoms with Crippen LogP contribution in [0.15, 0.2) is 0 Å². The Hall–Kier alpha value is -0.280. The van der Waals surface area contributed by atoms with E-state index in [0.29, 0.717) is 0 Å². The van der Waals surface area contributed by atoms with Crippen molar-refractivity contribution in [3.05, 3.63) is 0 Å². The number of hydrogen-bond donors (Lipinski definition) is 1. The van der Waals surface area contributed by atoms with Crippen LogP contribution in [0, 0.1) is 5.92 Å². The molecule has 16 heavy (non-hydrogen) atoms. The smallest absolute Gasteiger partial charge is 0.239 e. The normalized spacial score (nSPS) is 19.1. The second-order valence-corrected chi connectivity index (χ2v) is 4.68. The number of carbonyl (C=O) groups excluding carboxylic acids is 1. The van der Waals surface area contributed by atoms with Crippen LogP contribution in [0.5, 0.6) is 0 Å². The van der Waals surface area contributed by atoms with Gasteiger partial charge in [0.05, 0.1) is 6.04 Å². The minimum atomic E-state index is -0.0154. The summed E-state index contributed by atoms with van der Waals surface area (Å²) in [6.45, 7) is 9.16. The molecule has 1 heterocycles. The van der Waals surface area contributed by atoms with Gasteiger partial charge in [-0.1, -0.05) is 13.8 Å². The maximum absolute atomic E-state index is 12.0. The fourth-order valence-electron chi connectivity index (χ4n) is 1.95. The van der Waals surface area contributed by atoms with E-state index >= 15 is 0 Å². The number of carbonyl (C=O) groups is 1. The van der Waals surface area contributed by atoms with Crippen LogP contribution < -0.4 is 5.32 Å². The Bertz CT molecular complexity index is 203. The first-order chi connectivity index (χ1) is 7.15. The van der Waals surface area contributed by atoms with Crippen molar-refractivity contribution in [2.45, 2.75) is 46.1 Å². The van der Waals surface area contributed by atoms with Gasteiger partial charge in [-0.25, -0.2) is 0 Å². The van der Waals surface area contributed by atoms with Crippen LogP contribution in [0.1, 0.15) is 40.0 Å². The molecule has 1 amide bonds. The van der Waals surface area contributed by atoms with Crippen LogP contribution in [-0.4, -0.2) is 36.5 Å². The molecule has 0 spiro atoms. The van der Waals surface area contributed by atoms with E-state index in [4.69, 9.17) is 0 Å². The van der Waals surface area contributed by atoms with Crippen molar-refractivity contribution >= 4 is 18.3 Å². The maximum Gasteiger partial charge on any atom is 0.239 e. The highest BCUT2D eigenvalue weighted by Gasteiger charge is 2.23. The van der Waals surface area contributed by atoms with Crippen LogP contribution in [-0.2, 0) is 4.79 Å². The number of nitrogens with one attached hydrogen (secondary N) is 1. The molecule has 1 fully saturated rings. The van der Waals surface area contributed by atoms with E-state index in [-0.39, 0.29) is 24.4 Å². The molecule has 1 aliphatic rings. The first kappa shape index (κ1) is 15.7. The van der Waals surface area contributed by atoms with E-state index in [1.54, 1.807) is 0 Å². The summed E-state index contributed by atoms with van der Waals surface area (Å²) in [4.78, 5) is 14.0. The summed E-state index contributed by atoms with van der Waals surface area (Å²) in [5.41, 5.74) is 0. The molecule has 0 bridgehead atoms. The van der Waals surface area contributed by atoms with E-state index in [1.165, 1.54) is 0 Å². The Morgan fingerprint density at radius 3 is 2.50 bits per heavy atom. The highest BCUT2D eigenvalue weighted by atomic mass is 35.5.